The van der Waals surface area contributed by atoms with E-state index in [0.29, 0.717) is 12.2 Å². The summed E-state index contributed by atoms with van der Waals surface area (Å²) in [5.41, 5.74) is 7.14. The Morgan fingerprint density at radius 2 is 1.95 bits per heavy atom. The number of halogens is 2. The smallest absolute Gasteiger partial charge is 0.228 e. The molecule has 0 saturated heterocycles. The van der Waals surface area contributed by atoms with Crippen molar-refractivity contribution in [3.63, 3.8) is 0 Å². The molecule has 0 spiro atoms. The maximum Gasteiger partial charge on any atom is 0.228 e. The van der Waals surface area contributed by atoms with E-state index in [2.05, 4.69) is 5.32 Å². The SMILES string of the molecule is NCc1cccc(NC(=O)Cc2ccc(F)cc2F)c1. The summed E-state index contributed by atoms with van der Waals surface area (Å²) in [6.45, 7) is 0.371. The average molecular weight is 276 g/mol. The van der Waals surface area contributed by atoms with E-state index < -0.39 is 11.6 Å². The van der Waals surface area contributed by atoms with Crippen LogP contribution in [0.15, 0.2) is 42.5 Å². The summed E-state index contributed by atoms with van der Waals surface area (Å²) in [6.07, 6.45) is -0.154. The molecule has 20 heavy (non-hydrogen) atoms. The molecule has 0 atom stereocenters. The maximum absolute atomic E-state index is 13.4. The van der Waals surface area contributed by atoms with Gasteiger partial charge in [-0.1, -0.05) is 18.2 Å². The van der Waals surface area contributed by atoms with Gasteiger partial charge in [0.05, 0.1) is 6.42 Å². The number of benzene rings is 2. The Kier molecular flexibility index (Phi) is 4.42. The third-order valence-electron chi connectivity index (χ3n) is 2.81. The second kappa shape index (κ2) is 6.25. The number of hydrogen-bond donors (Lipinski definition) is 2. The van der Waals surface area contributed by atoms with Crippen molar-refractivity contribution in [1.82, 2.24) is 0 Å². The van der Waals surface area contributed by atoms with Gasteiger partial charge in [-0.25, -0.2) is 8.78 Å². The first kappa shape index (κ1) is 14.1. The molecule has 0 bridgehead atoms. The first-order valence-electron chi connectivity index (χ1n) is 6.11. The van der Waals surface area contributed by atoms with E-state index in [1.54, 1.807) is 18.2 Å². The number of nitrogens with one attached hydrogen (secondary N) is 1. The standard InChI is InChI=1S/C15H14F2N2O/c16-12-5-4-11(14(17)8-12)7-15(20)19-13-3-1-2-10(6-13)9-18/h1-6,8H,7,9,18H2,(H,19,20). The fourth-order valence-electron chi connectivity index (χ4n) is 1.82. The van der Waals surface area contributed by atoms with Crippen molar-refractivity contribution in [2.45, 2.75) is 13.0 Å². The van der Waals surface area contributed by atoms with E-state index in [1.165, 1.54) is 6.07 Å². The Bertz CT molecular complexity index is 629. The van der Waals surface area contributed by atoms with E-state index in [-0.39, 0.29) is 17.9 Å². The number of anilines is 1. The van der Waals surface area contributed by atoms with Crippen LogP contribution in [0.2, 0.25) is 0 Å². The molecule has 3 N–H and O–H groups in total. The van der Waals surface area contributed by atoms with Crippen molar-refractivity contribution in [3.8, 4) is 0 Å². The van der Waals surface area contributed by atoms with Crippen LogP contribution in [0.25, 0.3) is 0 Å². The zero-order valence-corrected chi connectivity index (χ0v) is 10.7. The van der Waals surface area contributed by atoms with Crippen molar-refractivity contribution < 1.29 is 13.6 Å². The number of amides is 1. The third kappa shape index (κ3) is 3.61. The highest BCUT2D eigenvalue weighted by Crippen LogP contribution is 2.13. The number of carbonyl (C=O) groups excluding carboxylic acids is 1. The summed E-state index contributed by atoms with van der Waals surface area (Å²) in [4.78, 5) is 11.8. The zero-order chi connectivity index (χ0) is 14.5. The highest BCUT2D eigenvalue weighted by Gasteiger charge is 2.09. The molecule has 0 aromatic heterocycles. The van der Waals surface area contributed by atoms with E-state index in [1.807, 2.05) is 6.07 Å². The van der Waals surface area contributed by atoms with E-state index in [0.717, 1.165) is 17.7 Å². The molecule has 0 fully saturated rings. The van der Waals surface area contributed by atoms with Gasteiger partial charge in [0.1, 0.15) is 11.6 Å². The highest BCUT2D eigenvalue weighted by atomic mass is 19.1. The number of rotatable bonds is 4. The van der Waals surface area contributed by atoms with Crippen molar-refractivity contribution >= 4 is 11.6 Å². The molecule has 0 unspecified atom stereocenters. The predicted octanol–water partition coefficient (Wildman–Crippen LogP) is 2.60. The van der Waals surface area contributed by atoms with Crippen molar-refractivity contribution in [2.75, 3.05) is 5.32 Å². The lowest BCUT2D eigenvalue weighted by Gasteiger charge is -2.07. The minimum absolute atomic E-state index is 0.152. The molecule has 3 nitrogen and oxygen atoms in total. The maximum atomic E-state index is 13.4. The predicted molar refractivity (Wildman–Crippen MR) is 73.0 cm³/mol. The zero-order valence-electron chi connectivity index (χ0n) is 10.7. The van der Waals surface area contributed by atoms with Crippen LogP contribution in [0.3, 0.4) is 0 Å². The van der Waals surface area contributed by atoms with Crippen LogP contribution >= 0.6 is 0 Å². The first-order valence-corrected chi connectivity index (χ1v) is 6.11. The first-order chi connectivity index (χ1) is 9.58. The minimum atomic E-state index is -0.726. The van der Waals surface area contributed by atoms with Gasteiger partial charge < -0.3 is 11.1 Å². The lowest BCUT2D eigenvalue weighted by atomic mass is 10.1. The molecule has 0 aliphatic carbocycles. The summed E-state index contributed by atoms with van der Waals surface area (Å²) >= 11 is 0. The van der Waals surface area contributed by atoms with Gasteiger partial charge in [-0.2, -0.15) is 0 Å². The molecule has 0 radical (unpaired) electrons. The molecule has 5 heteroatoms. The van der Waals surface area contributed by atoms with Gasteiger partial charge in [0, 0.05) is 18.3 Å². The van der Waals surface area contributed by atoms with E-state index in [4.69, 9.17) is 5.73 Å². The van der Waals surface area contributed by atoms with Gasteiger partial charge in [0.15, 0.2) is 0 Å². The van der Waals surface area contributed by atoms with Gasteiger partial charge in [0.25, 0.3) is 0 Å². The monoisotopic (exact) mass is 276 g/mol. The molecule has 0 aliphatic heterocycles. The molecular formula is C15H14F2N2O. The molecule has 2 aromatic carbocycles. The van der Waals surface area contributed by atoms with Gasteiger partial charge in [-0.05, 0) is 29.3 Å². The Morgan fingerprint density at radius 3 is 2.65 bits per heavy atom. The minimum Gasteiger partial charge on any atom is -0.326 e. The van der Waals surface area contributed by atoms with Crippen LogP contribution in [-0.2, 0) is 17.8 Å². The highest BCUT2D eigenvalue weighted by molar-refractivity contribution is 5.92. The van der Waals surface area contributed by atoms with Crippen LogP contribution in [0.5, 0.6) is 0 Å². The second-order valence-electron chi connectivity index (χ2n) is 4.37. The van der Waals surface area contributed by atoms with Gasteiger partial charge in [-0.3, -0.25) is 4.79 Å². The molecule has 2 aromatic rings. The summed E-state index contributed by atoms with van der Waals surface area (Å²) in [5, 5.41) is 2.65. The van der Waals surface area contributed by atoms with Gasteiger partial charge >= 0.3 is 0 Å². The fourth-order valence-corrected chi connectivity index (χ4v) is 1.82. The van der Waals surface area contributed by atoms with Crippen molar-refractivity contribution in [1.29, 1.82) is 0 Å². The lowest BCUT2D eigenvalue weighted by Crippen LogP contribution is -2.15. The van der Waals surface area contributed by atoms with Gasteiger partial charge in [-0.15, -0.1) is 0 Å². The van der Waals surface area contributed by atoms with Crippen LogP contribution in [-0.4, -0.2) is 5.91 Å². The Hall–Kier alpha value is -2.27. The summed E-state index contributed by atoms with van der Waals surface area (Å²) in [5.74, 6) is -1.76. The van der Waals surface area contributed by atoms with Gasteiger partial charge in [0.2, 0.25) is 5.91 Å². The van der Waals surface area contributed by atoms with Crippen molar-refractivity contribution in [3.05, 3.63) is 65.2 Å². The Balaban J connectivity index is 2.05. The van der Waals surface area contributed by atoms with Crippen LogP contribution in [0.1, 0.15) is 11.1 Å². The topological polar surface area (TPSA) is 55.1 Å². The second-order valence-corrected chi connectivity index (χ2v) is 4.37. The van der Waals surface area contributed by atoms with E-state index in [9.17, 15) is 13.6 Å². The molecule has 0 saturated carbocycles. The third-order valence-corrected chi connectivity index (χ3v) is 2.81. The van der Waals surface area contributed by atoms with Crippen molar-refractivity contribution in [2.24, 2.45) is 5.73 Å². The Labute approximate surface area is 115 Å². The molecule has 2 rings (SSSR count). The molecule has 1 amide bonds. The lowest BCUT2D eigenvalue weighted by molar-refractivity contribution is -0.115. The summed E-state index contributed by atoms with van der Waals surface area (Å²) < 4.78 is 26.2. The fraction of sp³-hybridized carbons (Fsp3) is 0.133. The number of hydrogen-bond acceptors (Lipinski definition) is 2. The largest absolute Gasteiger partial charge is 0.326 e. The molecule has 0 aliphatic rings. The van der Waals surface area contributed by atoms with Crippen LogP contribution < -0.4 is 11.1 Å². The molecule has 0 heterocycles. The van der Waals surface area contributed by atoms with Crippen LogP contribution in [0.4, 0.5) is 14.5 Å². The Morgan fingerprint density at radius 1 is 1.15 bits per heavy atom. The number of nitrogens with two attached hydrogens (primary N) is 1. The molecular weight excluding hydrogens is 262 g/mol. The quantitative estimate of drug-likeness (QED) is 0.902. The summed E-state index contributed by atoms with van der Waals surface area (Å²) in [6, 6.07) is 10.2. The molecule has 104 valence electrons. The average Bonchev–Trinajstić information content (AvgIpc) is 2.42. The normalized spacial score (nSPS) is 10.3. The summed E-state index contributed by atoms with van der Waals surface area (Å²) in [7, 11) is 0. The number of carbonyl (C=O) groups is 1. The van der Waals surface area contributed by atoms with Crippen LogP contribution in [0, 0.1) is 11.6 Å². The van der Waals surface area contributed by atoms with E-state index >= 15 is 0 Å².